The number of nitrogens with zero attached hydrogens (tertiary/aromatic N) is 1. The second-order valence-corrected chi connectivity index (χ2v) is 5.91. The van der Waals surface area contributed by atoms with Gasteiger partial charge in [0.1, 0.15) is 0 Å². The molecule has 1 rings (SSSR count). The fraction of sp³-hybridized carbons (Fsp3) is 0.556. The lowest BCUT2D eigenvalue weighted by atomic mass is 10.1. The molecular weight excluding hydrogens is 326 g/mol. The Morgan fingerprint density at radius 3 is 2.54 bits per heavy atom. The van der Waals surface area contributed by atoms with Crippen molar-refractivity contribution in [1.29, 1.82) is 0 Å². The topological polar surface area (TPSA) is 62.7 Å². The average Bonchev–Trinajstić information content (AvgIpc) is 2.60. The van der Waals surface area contributed by atoms with Crippen molar-refractivity contribution in [2.75, 3.05) is 27.2 Å². The molecule has 0 bridgehead atoms. The summed E-state index contributed by atoms with van der Waals surface area (Å²) in [5, 5.41) is 7.38. The van der Waals surface area contributed by atoms with Gasteiger partial charge in [-0.2, -0.15) is 0 Å². The monoisotopic (exact) mass is 353 g/mol. The first-order valence-corrected chi connectivity index (χ1v) is 8.80. The summed E-state index contributed by atoms with van der Waals surface area (Å²) >= 11 is 6.14. The molecule has 0 aliphatic rings. The van der Waals surface area contributed by atoms with Crippen molar-refractivity contribution in [2.45, 2.75) is 38.5 Å². The first-order valence-electron chi connectivity index (χ1n) is 8.42. The lowest BCUT2D eigenvalue weighted by molar-refractivity contribution is -0.140. The zero-order chi connectivity index (χ0) is 17.6. The molecule has 0 saturated carbocycles. The summed E-state index contributed by atoms with van der Waals surface area (Å²) in [7, 11) is 3.19. The van der Waals surface area contributed by atoms with E-state index in [4.69, 9.17) is 11.6 Å². The molecule has 134 valence electrons. The number of ether oxygens (including phenoxy) is 1. The van der Waals surface area contributed by atoms with Crippen molar-refractivity contribution < 1.29 is 9.53 Å². The second-order valence-electron chi connectivity index (χ2n) is 5.51. The third-order valence-corrected chi connectivity index (χ3v) is 4.06. The number of aliphatic imine (C=N–C) groups is 1. The molecule has 24 heavy (non-hydrogen) atoms. The minimum atomic E-state index is -0.128. The predicted molar refractivity (Wildman–Crippen MR) is 99.6 cm³/mol. The first kappa shape index (κ1) is 20.3. The summed E-state index contributed by atoms with van der Waals surface area (Å²) in [5.41, 5.74) is 1.13. The second kappa shape index (κ2) is 12.6. The highest BCUT2D eigenvalue weighted by molar-refractivity contribution is 6.31. The quantitative estimate of drug-likeness (QED) is 0.293. The Morgan fingerprint density at radius 2 is 1.83 bits per heavy atom. The summed E-state index contributed by atoms with van der Waals surface area (Å²) in [4.78, 5) is 15.2. The van der Waals surface area contributed by atoms with Crippen LogP contribution in [0, 0.1) is 0 Å². The largest absolute Gasteiger partial charge is 0.469 e. The van der Waals surface area contributed by atoms with Gasteiger partial charge in [0.05, 0.1) is 7.11 Å². The number of hydrogen-bond acceptors (Lipinski definition) is 3. The maximum atomic E-state index is 11.0. The van der Waals surface area contributed by atoms with Gasteiger partial charge in [-0.25, -0.2) is 0 Å². The number of esters is 1. The SMILES string of the molecule is CN=C(NCCCCCCC(=O)OC)NCCc1ccccc1Cl. The van der Waals surface area contributed by atoms with Gasteiger partial charge >= 0.3 is 5.97 Å². The molecular formula is C18H28ClN3O2. The van der Waals surface area contributed by atoms with Gasteiger partial charge in [-0.05, 0) is 30.9 Å². The summed E-state index contributed by atoms with van der Waals surface area (Å²) < 4.78 is 4.62. The van der Waals surface area contributed by atoms with Crippen LogP contribution in [-0.4, -0.2) is 39.2 Å². The molecule has 0 saturated heterocycles. The molecule has 5 nitrogen and oxygen atoms in total. The van der Waals surface area contributed by atoms with Crippen LogP contribution < -0.4 is 10.6 Å². The number of carbonyl (C=O) groups excluding carboxylic acids is 1. The van der Waals surface area contributed by atoms with E-state index in [0.29, 0.717) is 6.42 Å². The lowest BCUT2D eigenvalue weighted by Gasteiger charge is -2.12. The standard InChI is InChI=1S/C18H28ClN3O2/c1-20-18(21-13-8-4-3-5-11-17(23)24-2)22-14-12-15-9-6-7-10-16(15)19/h6-7,9-10H,3-5,8,11-14H2,1-2H3,(H2,20,21,22). The third-order valence-electron chi connectivity index (χ3n) is 3.70. The highest BCUT2D eigenvalue weighted by Gasteiger charge is 2.01. The molecule has 0 unspecified atom stereocenters. The number of guanidine groups is 1. The molecule has 1 aromatic rings. The number of unbranched alkanes of at least 4 members (excludes halogenated alkanes) is 3. The highest BCUT2D eigenvalue weighted by Crippen LogP contribution is 2.14. The van der Waals surface area contributed by atoms with Gasteiger partial charge in [-0.3, -0.25) is 9.79 Å². The average molecular weight is 354 g/mol. The van der Waals surface area contributed by atoms with Crippen molar-refractivity contribution in [3.8, 4) is 0 Å². The smallest absolute Gasteiger partial charge is 0.305 e. The Morgan fingerprint density at radius 1 is 1.12 bits per heavy atom. The van der Waals surface area contributed by atoms with Gasteiger partial charge in [0, 0.05) is 31.6 Å². The van der Waals surface area contributed by atoms with Gasteiger partial charge < -0.3 is 15.4 Å². The van der Waals surface area contributed by atoms with E-state index in [2.05, 4.69) is 20.4 Å². The Balaban J connectivity index is 2.09. The number of hydrogen-bond donors (Lipinski definition) is 2. The fourth-order valence-corrected chi connectivity index (χ4v) is 2.52. The van der Waals surface area contributed by atoms with Crippen LogP contribution in [-0.2, 0) is 16.0 Å². The normalized spacial score (nSPS) is 11.2. The number of carbonyl (C=O) groups is 1. The van der Waals surface area contributed by atoms with E-state index in [9.17, 15) is 4.79 Å². The van der Waals surface area contributed by atoms with Gasteiger partial charge in [0.15, 0.2) is 5.96 Å². The van der Waals surface area contributed by atoms with Crippen molar-refractivity contribution in [3.63, 3.8) is 0 Å². The van der Waals surface area contributed by atoms with Gasteiger partial charge in [0.25, 0.3) is 0 Å². The third kappa shape index (κ3) is 8.77. The molecule has 0 amide bonds. The van der Waals surface area contributed by atoms with Gasteiger partial charge in [-0.1, -0.05) is 42.6 Å². The van der Waals surface area contributed by atoms with Gasteiger partial charge in [0.2, 0.25) is 0 Å². The number of benzene rings is 1. The van der Waals surface area contributed by atoms with Crippen LogP contribution in [0.3, 0.4) is 0 Å². The van der Waals surface area contributed by atoms with Crippen molar-refractivity contribution in [3.05, 3.63) is 34.9 Å². The maximum absolute atomic E-state index is 11.0. The Hall–Kier alpha value is -1.75. The minimum absolute atomic E-state index is 0.128. The summed E-state index contributed by atoms with van der Waals surface area (Å²) in [6, 6.07) is 7.87. The number of rotatable bonds is 10. The van der Waals surface area contributed by atoms with Gasteiger partial charge in [-0.15, -0.1) is 0 Å². The van der Waals surface area contributed by atoms with E-state index in [1.54, 1.807) is 7.05 Å². The first-order chi connectivity index (χ1) is 11.7. The maximum Gasteiger partial charge on any atom is 0.305 e. The Kier molecular flexibility index (Phi) is 10.7. The van der Waals surface area contributed by atoms with E-state index in [1.165, 1.54) is 7.11 Å². The molecule has 1 aromatic carbocycles. The van der Waals surface area contributed by atoms with E-state index in [-0.39, 0.29) is 5.97 Å². The van der Waals surface area contributed by atoms with E-state index in [1.807, 2.05) is 24.3 Å². The lowest BCUT2D eigenvalue weighted by Crippen LogP contribution is -2.38. The molecule has 0 aliphatic heterocycles. The molecule has 6 heteroatoms. The molecule has 0 aliphatic carbocycles. The molecule has 0 heterocycles. The summed E-state index contributed by atoms with van der Waals surface area (Å²) in [6.07, 6.45) is 5.42. The molecule has 0 atom stereocenters. The Labute approximate surface area is 149 Å². The van der Waals surface area contributed by atoms with E-state index >= 15 is 0 Å². The minimum Gasteiger partial charge on any atom is -0.469 e. The number of methoxy groups -OCH3 is 1. The van der Waals surface area contributed by atoms with Crippen LogP contribution in [0.15, 0.2) is 29.3 Å². The van der Waals surface area contributed by atoms with E-state index in [0.717, 1.165) is 61.7 Å². The summed E-state index contributed by atoms with van der Waals surface area (Å²) in [6.45, 7) is 1.65. The number of nitrogens with one attached hydrogen (secondary N) is 2. The zero-order valence-electron chi connectivity index (χ0n) is 14.6. The van der Waals surface area contributed by atoms with Crippen molar-refractivity contribution in [2.24, 2.45) is 4.99 Å². The van der Waals surface area contributed by atoms with E-state index < -0.39 is 0 Å². The van der Waals surface area contributed by atoms with Crippen LogP contribution in [0.2, 0.25) is 5.02 Å². The van der Waals surface area contributed by atoms with Crippen LogP contribution in [0.4, 0.5) is 0 Å². The van der Waals surface area contributed by atoms with Crippen molar-refractivity contribution in [1.82, 2.24) is 10.6 Å². The van der Waals surface area contributed by atoms with Crippen LogP contribution >= 0.6 is 11.6 Å². The molecule has 2 N–H and O–H groups in total. The number of halogens is 1. The molecule has 0 radical (unpaired) electrons. The van der Waals surface area contributed by atoms with Crippen LogP contribution in [0.5, 0.6) is 0 Å². The molecule has 0 spiro atoms. The van der Waals surface area contributed by atoms with Crippen LogP contribution in [0.25, 0.3) is 0 Å². The van der Waals surface area contributed by atoms with Crippen molar-refractivity contribution >= 4 is 23.5 Å². The molecule has 0 fully saturated rings. The zero-order valence-corrected chi connectivity index (χ0v) is 15.4. The van der Waals surface area contributed by atoms with Crippen LogP contribution in [0.1, 0.15) is 37.7 Å². The summed E-state index contributed by atoms with van der Waals surface area (Å²) in [5.74, 6) is 0.674. The molecule has 0 aromatic heterocycles. The Bertz CT molecular complexity index is 521. The highest BCUT2D eigenvalue weighted by atomic mass is 35.5. The fourth-order valence-electron chi connectivity index (χ4n) is 2.29. The predicted octanol–water partition coefficient (Wildman–Crippen LogP) is 3.17.